The summed E-state index contributed by atoms with van der Waals surface area (Å²) in [6.07, 6.45) is -1.60. The highest BCUT2D eigenvalue weighted by Crippen LogP contribution is 2.21. The van der Waals surface area contributed by atoms with Crippen molar-refractivity contribution < 1.29 is 23.1 Å². The molecule has 0 bridgehead atoms. The third-order valence-corrected chi connectivity index (χ3v) is 8.11. The number of hydrogen-bond donors (Lipinski definition) is 4. The average molecular weight is 622 g/mol. The molecule has 0 aliphatic heterocycles. The first kappa shape index (κ1) is 35.4. The van der Waals surface area contributed by atoms with Crippen molar-refractivity contribution in [3.8, 4) is 0 Å². The Kier molecular flexibility index (Phi) is 13.6. The maximum atomic E-state index is 13.8. The van der Waals surface area contributed by atoms with Gasteiger partial charge in [0.2, 0.25) is 10.0 Å². The first-order valence-corrected chi connectivity index (χ1v) is 15.9. The van der Waals surface area contributed by atoms with E-state index in [4.69, 9.17) is 17.0 Å². The molecule has 0 radical (unpaired) electrons. The molecule has 0 heterocycles. The predicted molar refractivity (Wildman–Crippen MR) is 172 cm³/mol. The second-order valence-electron chi connectivity index (χ2n) is 11.9. The van der Waals surface area contributed by atoms with Gasteiger partial charge in [0.1, 0.15) is 5.60 Å². The molecule has 0 unspecified atom stereocenters. The maximum absolute atomic E-state index is 13.8. The van der Waals surface area contributed by atoms with Gasteiger partial charge in [0, 0.05) is 31.9 Å². The van der Waals surface area contributed by atoms with Crippen molar-refractivity contribution in [3.63, 3.8) is 0 Å². The topological polar surface area (TPSA) is 123 Å². The fourth-order valence-corrected chi connectivity index (χ4v) is 5.89. The van der Waals surface area contributed by atoms with Crippen molar-refractivity contribution in [3.05, 3.63) is 60.2 Å². The number of alkyl carbamates (subject to hydrolysis) is 1. The molecule has 0 spiro atoms. The summed E-state index contributed by atoms with van der Waals surface area (Å²) in [4.78, 5) is 14.8. The lowest BCUT2D eigenvalue weighted by Gasteiger charge is -2.31. The lowest BCUT2D eigenvalue weighted by Crippen LogP contribution is -2.51. The zero-order chi connectivity index (χ0) is 31.5. The molecular formula is C30H47N5O5S2. The number of carbonyl (C=O) groups excluding carboxylic acids is 1. The maximum Gasteiger partial charge on any atom is 0.407 e. The molecule has 10 nitrogen and oxygen atoms in total. The van der Waals surface area contributed by atoms with Gasteiger partial charge >= 0.3 is 6.09 Å². The molecule has 2 atom stereocenters. The molecule has 0 aromatic heterocycles. The zero-order valence-electron chi connectivity index (χ0n) is 25.8. The fourth-order valence-electron chi connectivity index (χ4n) is 4.05. The Balaban J connectivity index is 2.23. The summed E-state index contributed by atoms with van der Waals surface area (Å²) in [6, 6.07) is 14.9. The second kappa shape index (κ2) is 16.2. The number of benzene rings is 2. The standard InChI is InChI=1S/C30H47N5O5S2/c1-22(2)20-35(42(38,39)25-15-13-24(14-16-25)32-28(41)31-17-18-34(6)7)21-27(36)26(19-23-11-9-8-10-12-23)33-29(37)40-30(3,4)5/h8-16,22,26-27,36H,17-21H2,1-7H3,(H,33,37)(H2,31,32,41)/t26-,27+/m0/s1. The van der Waals surface area contributed by atoms with E-state index in [9.17, 15) is 18.3 Å². The van der Waals surface area contributed by atoms with Crippen LogP contribution in [0.5, 0.6) is 0 Å². The summed E-state index contributed by atoms with van der Waals surface area (Å²) >= 11 is 5.33. The van der Waals surface area contributed by atoms with Crippen LogP contribution in [0.3, 0.4) is 0 Å². The SMILES string of the molecule is CC(C)CN(C[C@@H](O)[C@H](Cc1ccccc1)NC(=O)OC(C)(C)C)S(=O)(=O)c1ccc(NC(=S)NCCN(C)C)cc1. The van der Waals surface area contributed by atoms with Gasteiger partial charge < -0.3 is 30.7 Å². The average Bonchev–Trinajstić information content (AvgIpc) is 2.87. The van der Waals surface area contributed by atoms with Crippen molar-refractivity contribution in [1.82, 2.24) is 19.8 Å². The van der Waals surface area contributed by atoms with Crippen LogP contribution in [-0.4, -0.2) is 92.0 Å². The number of aliphatic hydroxyl groups excluding tert-OH is 1. The van der Waals surface area contributed by atoms with Gasteiger partial charge in [0.25, 0.3) is 0 Å². The Hall–Kier alpha value is -2.77. The van der Waals surface area contributed by atoms with Crippen LogP contribution < -0.4 is 16.0 Å². The Morgan fingerprint density at radius 3 is 2.19 bits per heavy atom. The van der Waals surface area contributed by atoms with Crippen molar-refractivity contribution in [1.29, 1.82) is 0 Å². The molecule has 0 saturated heterocycles. The van der Waals surface area contributed by atoms with E-state index in [1.54, 1.807) is 32.9 Å². The summed E-state index contributed by atoms with van der Waals surface area (Å²) in [5.74, 6) is -0.00934. The molecule has 2 aromatic carbocycles. The minimum Gasteiger partial charge on any atom is -0.444 e. The van der Waals surface area contributed by atoms with Crippen LogP contribution in [0, 0.1) is 5.92 Å². The lowest BCUT2D eigenvalue weighted by atomic mass is 10.0. The van der Waals surface area contributed by atoms with Crippen LogP contribution in [0.1, 0.15) is 40.2 Å². The summed E-state index contributed by atoms with van der Waals surface area (Å²) in [5, 5.41) is 20.7. The number of amides is 1. The van der Waals surface area contributed by atoms with Gasteiger partial charge in [-0.3, -0.25) is 0 Å². The van der Waals surface area contributed by atoms with Crippen molar-refractivity contribution in [2.75, 3.05) is 45.6 Å². The van der Waals surface area contributed by atoms with Crippen LogP contribution in [0.4, 0.5) is 10.5 Å². The highest BCUT2D eigenvalue weighted by Gasteiger charge is 2.32. The Morgan fingerprint density at radius 2 is 1.64 bits per heavy atom. The van der Waals surface area contributed by atoms with Crippen LogP contribution in [-0.2, 0) is 21.2 Å². The van der Waals surface area contributed by atoms with E-state index >= 15 is 0 Å². The van der Waals surface area contributed by atoms with E-state index in [0.29, 0.717) is 23.8 Å². The predicted octanol–water partition coefficient (Wildman–Crippen LogP) is 3.68. The number of aliphatic hydroxyl groups is 1. The minimum absolute atomic E-state index is 0.00934. The third kappa shape index (κ3) is 12.6. The van der Waals surface area contributed by atoms with Gasteiger partial charge in [-0.05, 0) is 89.3 Å². The van der Waals surface area contributed by atoms with Crippen molar-refractivity contribution in [2.45, 2.75) is 63.7 Å². The first-order chi connectivity index (χ1) is 19.6. The molecule has 2 rings (SSSR count). The molecule has 0 saturated carbocycles. The molecular weight excluding hydrogens is 574 g/mol. The minimum atomic E-state index is -3.98. The summed E-state index contributed by atoms with van der Waals surface area (Å²) < 4.78 is 34.2. The molecule has 12 heteroatoms. The van der Waals surface area contributed by atoms with Gasteiger partial charge in [0.05, 0.1) is 17.0 Å². The molecule has 4 N–H and O–H groups in total. The smallest absolute Gasteiger partial charge is 0.407 e. The summed E-state index contributed by atoms with van der Waals surface area (Å²) in [5.41, 5.74) is 0.802. The number of carbonyl (C=O) groups is 1. The van der Waals surface area contributed by atoms with Crippen LogP contribution in [0.2, 0.25) is 0 Å². The molecule has 0 fully saturated rings. The molecule has 0 aliphatic carbocycles. The Labute approximate surface area is 256 Å². The second-order valence-corrected chi connectivity index (χ2v) is 14.3. The third-order valence-electron chi connectivity index (χ3n) is 6.02. The van der Waals surface area contributed by atoms with E-state index in [2.05, 4.69) is 16.0 Å². The Morgan fingerprint density at radius 1 is 1.02 bits per heavy atom. The van der Waals surface area contributed by atoms with Crippen LogP contribution in [0.15, 0.2) is 59.5 Å². The van der Waals surface area contributed by atoms with E-state index in [0.717, 1.165) is 12.1 Å². The van der Waals surface area contributed by atoms with Gasteiger partial charge in [-0.2, -0.15) is 4.31 Å². The molecule has 1 amide bonds. The van der Waals surface area contributed by atoms with E-state index in [1.165, 1.54) is 16.4 Å². The van der Waals surface area contributed by atoms with Crippen LogP contribution in [0.25, 0.3) is 0 Å². The highest BCUT2D eigenvalue weighted by molar-refractivity contribution is 7.89. The van der Waals surface area contributed by atoms with Gasteiger partial charge in [-0.1, -0.05) is 44.2 Å². The quantitative estimate of drug-likeness (QED) is 0.234. The number of likely N-dealkylation sites (N-methyl/N-ethyl adjacent to an activating group) is 1. The fraction of sp³-hybridized carbons (Fsp3) is 0.533. The van der Waals surface area contributed by atoms with Crippen molar-refractivity contribution >= 4 is 39.1 Å². The number of ether oxygens (including phenoxy) is 1. The van der Waals surface area contributed by atoms with Gasteiger partial charge in [0.15, 0.2) is 5.11 Å². The number of nitrogens with zero attached hydrogens (tertiary/aromatic N) is 2. The zero-order valence-corrected chi connectivity index (χ0v) is 27.4. The number of anilines is 1. The van der Waals surface area contributed by atoms with E-state index < -0.39 is 33.9 Å². The number of nitrogens with one attached hydrogen (secondary N) is 3. The monoisotopic (exact) mass is 621 g/mol. The summed E-state index contributed by atoms with van der Waals surface area (Å²) in [7, 11) is -0.0320. The molecule has 2 aromatic rings. The number of hydrogen-bond acceptors (Lipinski definition) is 7. The lowest BCUT2D eigenvalue weighted by molar-refractivity contribution is 0.0400. The number of thiocarbonyl (C=S) groups is 1. The number of rotatable bonds is 14. The number of sulfonamides is 1. The van der Waals surface area contributed by atoms with Gasteiger partial charge in [-0.25, -0.2) is 13.2 Å². The summed E-state index contributed by atoms with van der Waals surface area (Å²) in [6.45, 7) is 10.5. The first-order valence-electron chi connectivity index (χ1n) is 14.1. The molecule has 234 valence electrons. The van der Waals surface area contributed by atoms with E-state index in [1.807, 2.05) is 63.2 Å². The largest absolute Gasteiger partial charge is 0.444 e. The molecule has 42 heavy (non-hydrogen) atoms. The van der Waals surface area contributed by atoms with Gasteiger partial charge in [-0.15, -0.1) is 0 Å². The normalized spacial score (nSPS) is 13.6. The van der Waals surface area contributed by atoms with Crippen molar-refractivity contribution in [2.24, 2.45) is 5.92 Å². The molecule has 0 aliphatic rings. The van der Waals surface area contributed by atoms with Crippen LogP contribution >= 0.6 is 12.2 Å². The Bertz CT molecular complexity index is 1230. The van der Waals surface area contributed by atoms with E-state index in [-0.39, 0.29) is 23.9 Å². The highest BCUT2D eigenvalue weighted by atomic mass is 32.2.